The Hall–Kier alpha value is -1.81. The summed E-state index contributed by atoms with van der Waals surface area (Å²) in [6, 6.07) is 14.6. The Morgan fingerprint density at radius 2 is 1.79 bits per heavy atom. The zero-order valence-electron chi connectivity index (χ0n) is 7.90. The topological polar surface area (TPSA) is 4.36 Å². The summed E-state index contributed by atoms with van der Waals surface area (Å²) in [7, 11) is 0. The minimum Gasteiger partial charge on any atom is -0.317 e. The van der Waals surface area contributed by atoms with Gasteiger partial charge in [-0.2, -0.15) is 0 Å². The minimum absolute atomic E-state index is 0.577. The van der Waals surface area contributed by atoms with Crippen molar-refractivity contribution in [3.8, 4) is 0 Å². The lowest BCUT2D eigenvalue weighted by Crippen LogP contribution is -1.88. The van der Waals surface area contributed by atoms with Crippen LogP contribution in [0.15, 0.2) is 42.5 Å². The van der Waals surface area contributed by atoms with Gasteiger partial charge in [-0.3, -0.25) is 0 Å². The van der Waals surface area contributed by atoms with E-state index in [9.17, 15) is 0 Å². The molecule has 0 bridgehead atoms. The Balaban J connectivity index is 2.49. The van der Waals surface area contributed by atoms with Gasteiger partial charge in [0, 0.05) is 6.42 Å². The first-order valence-corrected chi connectivity index (χ1v) is 4.71. The summed E-state index contributed by atoms with van der Waals surface area (Å²) in [5.41, 5.74) is 1.28. The fourth-order valence-corrected chi connectivity index (χ4v) is 1.69. The van der Waals surface area contributed by atoms with Crippen molar-refractivity contribution in [2.45, 2.75) is 6.42 Å². The normalized spacial score (nSPS) is 9.93. The summed E-state index contributed by atoms with van der Waals surface area (Å²) in [6.07, 6.45) is 0.852. The zero-order chi connectivity index (χ0) is 9.80. The summed E-state index contributed by atoms with van der Waals surface area (Å²) >= 11 is 0. The van der Waals surface area contributed by atoms with Crippen LogP contribution in [0.3, 0.4) is 0 Å². The number of benzene rings is 2. The molecule has 0 spiro atoms. The largest absolute Gasteiger partial charge is 0.317 e. The van der Waals surface area contributed by atoms with Gasteiger partial charge in [-0.25, -0.2) is 6.57 Å². The highest BCUT2D eigenvalue weighted by Gasteiger charge is 2.00. The van der Waals surface area contributed by atoms with Gasteiger partial charge in [-0.05, 0) is 16.3 Å². The van der Waals surface area contributed by atoms with Crippen LogP contribution in [0, 0.1) is 6.57 Å². The maximum atomic E-state index is 6.79. The summed E-state index contributed by atoms with van der Waals surface area (Å²) in [4.78, 5) is 3.39. The Morgan fingerprint density at radius 1 is 1.00 bits per heavy atom. The van der Waals surface area contributed by atoms with Crippen LogP contribution < -0.4 is 0 Å². The van der Waals surface area contributed by atoms with E-state index in [1.54, 1.807) is 0 Å². The third-order valence-corrected chi connectivity index (χ3v) is 2.37. The molecular weight excluding hydrogens is 170 g/mol. The van der Waals surface area contributed by atoms with Gasteiger partial charge < -0.3 is 4.85 Å². The van der Waals surface area contributed by atoms with Crippen LogP contribution in [0.1, 0.15) is 5.56 Å². The van der Waals surface area contributed by atoms with E-state index in [1.165, 1.54) is 16.3 Å². The van der Waals surface area contributed by atoms with Gasteiger partial charge in [0.15, 0.2) is 0 Å². The fourth-order valence-electron chi connectivity index (χ4n) is 1.69. The van der Waals surface area contributed by atoms with Gasteiger partial charge in [0.05, 0.1) is 0 Å². The van der Waals surface area contributed by atoms with Gasteiger partial charge in [-0.1, -0.05) is 42.5 Å². The van der Waals surface area contributed by atoms with Crippen molar-refractivity contribution >= 4 is 10.8 Å². The Morgan fingerprint density at radius 3 is 2.64 bits per heavy atom. The molecule has 0 saturated carbocycles. The smallest absolute Gasteiger partial charge is 0.218 e. The molecule has 68 valence electrons. The number of fused-ring (bicyclic) bond motifs is 1. The summed E-state index contributed by atoms with van der Waals surface area (Å²) in [6.45, 7) is 7.36. The third-order valence-electron chi connectivity index (χ3n) is 2.37. The Labute approximate surface area is 83.8 Å². The molecule has 14 heavy (non-hydrogen) atoms. The molecule has 0 unspecified atom stereocenters. The number of nitrogens with zero attached hydrogens (tertiary/aromatic N) is 1. The lowest BCUT2D eigenvalue weighted by Gasteiger charge is -2.02. The number of hydrogen-bond acceptors (Lipinski definition) is 0. The highest BCUT2D eigenvalue weighted by molar-refractivity contribution is 5.85. The van der Waals surface area contributed by atoms with E-state index in [0.717, 1.165) is 6.42 Å². The molecule has 0 amide bonds. The maximum Gasteiger partial charge on any atom is 0.218 e. The number of rotatable bonds is 2. The van der Waals surface area contributed by atoms with Crippen LogP contribution in [-0.4, -0.2) is 6.54 Å². The van der Waals surface area contributed by atoms with Crippen molar-refractivity contribution in [2.75, 3.05) is 6.54 Å². The Bertz CT molecular complexity index is 475. The van der Waals surface area contributed by atoms with Crippen LogP contribution in [0.25, 0.3) is 15.6 Å². The molecule has 0 aliphatic heterocycles. The van der Waals surface area contributed by atoms with Gasteiger partial charge >= 0.3 is 0 Å². The van der Waals surface area contributed by atoms with Gasteiger partial charge in [-0.15, -0.1) is 0 Å². The summed E-state index contributed by atoms with van der Waals surface area (Å²) in [5, 5.41) is 2.54. The maximum absolute atomic E-state index is 6.79. The molecule has 0 N–H and O–H groups in total. The van der Waals surface area contributed by atoms with Crippen LogP contribution in [0.2, 0.25) is 0 Å². The van der Waals surface area contributed by atoms with E-state index in [4.69, 9.17) is 6.57 Å². The fraction of sp³-hybridized carbons (Fsp3) is 0.154. The van der Waals surface area contributed by atoms with Crippen molar-refractivity contribution in [1.82, 2.24) is 0 Å². The van der Waals surface area contributed by atoms with Crippen LogP contribution >= 0.6 is 0 Å². The molecule has 0 radical (unpaired) electrons. The van der Waals surface area contributed by atoms with Crippen molar-refractivity contribution in [1.29, 1.82) is 0 Å². The molecule has 0 heterocycles. The average Bonchev–Trinajstić information content (AvgIpc) is 2.26. The van der Waals surface area contributed by atoms with Crippen molar-refractivity contribution < 1.29 is 0 Å². The van der Waals surface area contributed by atoms with Crippen molar-refractivity contribution in [3.05, 3.63) is 59.4 Å². The van der Waals surface area contributed by atoms with Crippen LogP contribution in [0.4, 0.5) is 0 Å². The molecule has 0 aliphatic carbocycles. The second kappa shape index (κ2) is 3.93. The molecule has 2 rings (SSSR count). The number of hydrogen-bond donors (Lipinski definition) is 0. The summed E-state index contributed by atoms with van der Waals surface area (Å²) in [5.74, 6) is 0. The van der Waals surface area contributed by atoms with E-state index in [0.29, 0.717) is 6.54 Å². The molecule has 0 fully saturated rings. The molecule has 1 nitrogen and oxygen atoms in total. The van der Waals surface area contributed by atoms with Crippen LogP contribution in [0.5, 0.6) is 0 Å². The predicted molar refractivity (Wildman–Crippen MR) is 59.1 cm³/mol. The second-order valence-corrected chi connectivity index (χ2v) is 3.27. The van der Waals surface area contributed by atoms with Crippen LogP contribution in [-0.2, 0) is 6.42 Å². The summed E-state index contributed by atoms with van der Waals surface area (Å²) < 4.78 is 0. The van der Waals surface area contributed by atoms with Gasteiger partial charge in [0.1, 0.15) is 0 Å². The van der Waals surface area contributed by atoms with Crippen molar-refractivity contribution in [3.63, 3.8) is 0 Å². The van der Waals surface area contributed by atoms with Gasteiger partial charge in [0.2, 0.25) is 6.54 Å². The van der Waals surface area contributed by atoms with E-state index in [2.05, 4.69) is 35.2 Å². The van der Waals surface area contributed by atoms with Crippen molar-refractivity contribution in [2.24, 2.45) is 0 Å². The van der Waals surface area contributed by atoms with Gasteiger partial charge in [0.25, 0.3) is 0 Å². The molecule has 2 aromatic rings. The average molecular weight is 181 g/mol. The Kier molecular flexibility index (Phi) is 2.46. The molecular formula is C13H11N. The standard InChI is InChI=1S/C13H11N/c1-14-10-9-12-7-4-6-11-5-2-3-8-13(11)12/h2-8H,9-10H2. The predicted octanol–water partition coefficient (Wildman–Crippen LogP) is 3.30. The van der Waals surface area contributed by atoms with E-state index in [-0.39, 0.29) is 0 Å². The molecule has 1 heteroatoms. The lowest BCUT2D eigenvalue weighted by atomic mass is 10.0. The lowest BCUT2D eigenvalue weighted by molar-refractivity contribution is 1.09. The molecule has 0 saturated heterocycles. The zero-order valence-corrected chi connectivity index (χ0v) is 7.90. The highest BCUT2D eigenvalue weighted by Crippen LogP contribution is 2.18. The van der Waals surface area contributed by atoms with E-state index >= 15 is 0 Å². The monoisotopic (exact) mass is 181 g/mol. The first-order chi connectivity index (χ1) is 6.92. The molecule has 2 aromatic carbocycles. The quantitative estimate of drug-likeness (QED) is 0.626. The minimum atomic E-state index is 0.577. The first-order valence-electron chi connectivity index (χ1n) is 4.71. The molecule has 0 atom stereocenters. The first kappa shape index (κ1) is 8.77. The van der Waals surface area contributed by atoms with E-state index in [1.807, 2.05) is 12.1 Å². The SMILES string of the molecule is [C-]#[N+]CCc1cccc2ccccc12. The second-order valence-electron chi connectivity index (χ2n) is 3.27. The van der Waals surface area contributed by atoms with E-state index < -0.39 is 0 Å². The third kappa shape index (κ3) is 1.60. The molecule has 0 aromatic heterocycles. The highest BCUT2D eigenvalue weighted by atomic mass is 14.6. The molecule has 0 aliphatic rings.